The molecule has 0 unspecified atom stereocenters. The van der Waals surface area contributed by atoms with Crippen LogP contribution in [0.25, 0.3) is 0 Å². The number of nitrogens with one attached hydrogen (secondary N) is 1. The van der Waals surface area contributed by atoms with Crippen LogP contribution < -0.4 is 10.2 Å². The number of rotatable bonds is 8. The first kappa shape index (κ1) is 20.7. The third-order valence-corrected chi connectivity index (χ3v) is 6.18. The van der Waals surface area contributed by atoms with Crippen LogP contribution in [0.2, 0.25) is 0 Å². The third-order valence-electron chi connectivity index (χ3n) is 5.15. The van der Waals surface area contributed by atoms with Gasteiger partial charge in [0.25, 0.3) is 0 Å². The molecule has 0 aliphatic carbocycles. The lowest BCUT2D eigenvalue weighted by atomic mass is 10.1. The fraction of sp³-hybridized carbons (Fsp3) is 0.435. The molecule has 1 amide bonds. The molecule has 1 saturated heterocycles. The lowest BCUT2D eigenvalue weighted by Crippen LogP contribution is -2.49. The number of carbonyl (C=O) groups is 1. The monoisotopic (exact) mass is 397 g/mol. The van der Waals surface area contributed by atoms with Crippen molar-refractivity contribution in [2.24, 2.45) is 0 Å². The Bertz CT molecular complexity index is 755. The normalized spacial score (nSPS) is 14.9. The molecule has 1 aliphatic rings. The number of aryl methyl sites for hydroxylation is 2. The lowest BCUT2D eigenvalue weighted by molar-refractivity contribution is -0.122. The van der Waals surface area contributed by atoms with Gasteiger partial charge in [-0.3, -0.25) is 9.69 Å². The maximum Gasteiger partial charge on any atom is 0.234 e. The van der Waals surface area contributed by atoms with Crippen LogP contribution in [0.4, 0.5) is 5.69 Å². The number of benzene rings is 2. The molecule has 0 bridgehead atoms. The minimum Gasteiger partial charge on any atom is -0.369 e. The van der Waals surface area contributed by atoms with Crippen LogP contribution in [-0.4, -0.2) is 55.8 Å². The molecule has 1 N–H and O–H groups in total. The zero-order valence-electron chi connectivity index (χ0n) is 17.0. The largest absolute Gasteiger partial charge is 0.369 e. The fourth-order valence-electron chi connectivity index (χ4n) is 3.46. The zero-order valence-corrected chi connectivity index (χ0v) is 17.8. The number of hydrogen-bond donors (Lipinski definition) is 1. The Morgan fingerprint density at radius 1 is 1.00 bits per heavy atom. The Morgan fingerprint density at radius 2 is 1.71 bits per heavy atom. The predicted molar refractivity (Wildman–Crippen MR) is 120 cm³/mol. The van der Waals surface area contributed by atoms with Gasteiger partial charge >= 0.3 is 0 Å². The van der Waals surface area contributed by atoms with Crippen molar-refractivity contribution >= 4 is 23.4 Å². The molecule has 5 heteroatoms. The van der Waals surface area contributed by atoms with Crippen LogP contribution >= 0.6 is 11.8 Å². The fourth-order valence-corrected chi connectivity index (χ4v) is 4.28. The quantitative estimate of drug-likeness (QED) is 0.692. The van der Waals surface area contributed by atoms with Gasteiger partial charge in [0.05, 0.1) is 6.54 Å². The number of thioether (sulfide) groups is 1. The molecule has 3 rings (SSSR count). The lowest BCUT2D eigenvalue weighted by Gasteiger charge is -2.36. The average Bonchev–Trinajstić information content (AvgIpc) is 2.70. The molecule has 0 radical (unpaired) electrons. The van der Waals surface area contributed by atoms with Crippen molar-refractivity contribution in [2.45, 2.75) is 19.6 Å². The Balaban J connectivity index is 1.29. The van der Waals surface area contributed by atoms with Crippen LogP contribution in [-0.2, 0) is 10.5 Å². The molecule has 0 saturated carbocycles. The van der Waals surface area contributed by atoms with E-state index in [4.69, 9.17) is 0 Å². The Labute approximate surface area is 173 Å². The molecule has 28 heavy (non-hydrogen) atoms. The van der Waals surface area contributed by atoms with Gasteiger partial charge in [0.15, 0.2) is 0 Å². The SMILES string of the molecule is Cc1ccc(CSCCNC(=O)CN2CCN(c3ccccc3C)CC2)cc1. The summed E-state index contributed by atoms with van der Waals surface area (Å²) < 4.78 is 0. The molecular formula is C23H31N3OS. The van der Waals surface area contributed by atoms with E-state index in [1.165, 1.54) is 22.4 Å². The van der Waals surface area contributed by atoms with E-state index in [1.54, 1.807) is 0 Å². The summed E-state index contributed by atoms with van der Waals surface area (Å²) in [6.07, 6.45) is 0. The maximum atomic E-state index is 12.2. The minimum atomic E-state index is 0.139. The number of amides is 1. The van der Waals surface area contributed by atoms with Crippen LogP contribution in [0.1, 0.15) is 16.7 Å². The first-order valence-corrected chi connectivity index (χ1v) is 11.2. The predicted octanol–water partition coefficient (Wildman–Crippen LogP) is 3.48. The Hall–Kier alpha value is -1.98. The topological polar surface area (TPSA) is 35.6 Å². The molecule has 150 valence electrons. The highest BCUT2D eigenvalue weighted by Gasteiger charge is 2.19. The van der Waals surface area contributed by atoms with Gasteiger partial charge in [0.1, 0.15) is 0 Å². The van der Waals surface area contributed by atoms with Gasteiger partial charge in [-0.1, -0.05) is 48.0 Å². The maximum absolute atomic E-state index is 12.2. The van der Waals surface area contributed by atoms with Crippen molar-refractivity contribution < 1.29 is 4.79 Å². The first-order valence-electron chi connectivity index (χ1n) is 10.0. The standard InChI is InChI=1S/C23H31N3OS/c1-19-7-9-21(10-8-19)18-28-16-11-24-23(27)17-25-12-14-26(15-13-25)22-6-4-3-5-20(22)2/h3-10H,11-18H2,1-2H3,(H,24,27). The van der Waals surface area contributed by atoms with Gasteiger partial charge in [0, 0.05) is 49.9 Å². The summed E-state index contributed by atoms with van der Waals surface area (Å²) in [7, 11) is 0. The highest BCUT2D eigenvalue weighted by Crippen LogP contribution is 2.20. The van der Waals surface area contributed by atoms with Gasteiger partial charge in [-0.25, -0.2) is 0 Å². The Kier molecular flexibility index (Phi) is 7.80. The summed E-state index contributed by atoms with van der Waals surface area (Å²) in [5, 5.41) is 3.06. The van der Waals surface area contributed by atoms with Crippen molar-refractivity contribution in [3.05, 3.63) is 65.2 Å². The van der Waals surface area contributed by atoms with E-state index in [9.17, 15) is 4.79 Å². The van der Waals surface area contributed by atoms with Gasteiger partial charge < -0.3 is 10.2 Å². The van der Waals surface area contributed by atoms with Gasteiger partial charge in [-0.15, -0.1) is 0 Å². The summed E-state index contributed by atoms with van der Waals surface area (Å²) in [5.74, 6) is 2.08. The average molecular weight is 398 g/mol. The highest BCUT2D eigenvalue weighted by molar-refractivity contribution is 7.98. The molecule has 0 aromatic heterocycles. The Morgan fingerprint density at radius 3 is 2.43 bits per heavy atom. The second-order valence-electron chi connectivity index (χ2n) is 7.44. The number of para-hydroxylation sites is 1. The van der Waals surface area contributed by atoms with Gasteiger partial charge in [0.2, 0.25) is 5.91 Å². The van der Waals surface area contributed by atoms with Crippen molar-refractivity contribution in [1.82, 2.24) is 10.2 Å². The van der Waals surface area contributed by atoms with Crippen LogP contribution in [0, 0.1) is 13.8 Å². The summed E-state index contributed by atoms with van der Waals surface area (Å²) in [6, 6.07) is 17.2. The van der Waals surface area contributed by atoms with E-state index in [2.05, 4.69) is 77.5 Å². The number of piperazine rings is 1. The van der Waals surface area contributed by atoms with E-state index >= 15 is 0 Å². The van der Waals surface area contributed by atoms with E-state index in [0.29, 0.717) is 6.54 Å². The number of hydrogen-bond acceptors (Lipinski definition) is 4. The minimum absolute atomic E-state index is 0.139. The number of carbonyl (C=O) groups excluding carboxylic acids is 1. The molecule has 1 heterocycles. The summed E-state index contributed by atoms with van der Waals surface area (Å²) in [4.78, 5) is 16.9. The molecule has 2 aromatic rings. The molecule has 2 aromatic carbocycles. The van der Waals surface area contributed by atoms with E-state index in [1.807, 2.05) is 11.8 Å². The van der Waals surface area contributed by atoms with Crippen molar-refractivity contribution in [2.75, 3.05) is 49.9 Å². The van der Waals surface area contributed by atoms with Gasteiger partial charge in [-0.05, 0) is 31.0 Å². The molecular weight excluding hydrogens is 366 g/mol. The van der Waals surface area contributed by atoms with E-state index in [-0.39, 0.29) is 5.91 Å². The molecule has 4 nitrogen and oxygen atoms in total. The second kappa shape index (κ2) is 10.5. The summed E-state index contributed by atoms with van der Waals surface area (Å²) >= 11 is 1.86. The number of nitrogens with zero attached hydrogens (tertiary/aromatic N) is 2. The first-order chi connectivity index (χ1) is 13.6. The van der Waals surface area contributed by atoms with E-state index < -0.39 is 0 Å². The number of anilines is 1. The zero-order chi connectivity index (χ0) is 19.8. The highest BCUT2D eigenvalue weighted by atomic mass is 32.2. The van der Waals surface area contributed by atoms with Crippen LogP contribution in [0.5, 0.6) is 0 Å². The molecule has 1 aliphatic heterocycles. The summed E-state index contributed by atoms with van der Waals surface area (Å²) in [5.41, 5.74) is 5.27. The third kappa shape index (κ3) is 6.28. The van der Waals surface area contributed by atoms with Crippen molar-refractivity contribution in [1.29, 1.82) is 0 Å². The van der Waals surface area contributed by atoms with Gasteiger partial charge in [-0.2, -0.15) is 11.8 Å². The molecule has 0 spiro atoms. The van der Waals surface area contributed by atoms with Crippen molar-refractivity contribution in [3.63, 3.8) is 0 Å². The second-order valence-corrected chi connectivity index (χ2v) is 8.54. The molecule has 1 fully saturated rings. The smallest absolute Gasteiger partial charge is 0.234 e. The van der Waals surface area contributed by atoms with Crippen LogP contribution in [0.3, 0.4) is 0 Å². The van der Waals surface area contributed by atoms with Crippen molar-refractivity contribution in [3.8, 4) is 0 Å². The van der Waals surface area contributed by atoms with Crippen LogP contribution in [0.15, 0.2) is 48.5 Å². The van der Waals surface area contributed by atoms with E-state index in [0.717, 1.165) is 44.2 Å². The molecule has 0 atom stereocenters. The summed E-state index contributed by atoms with van der Waals surface area (Å²) in [6.45, 7) is 9.33.